The average molecular weight is 400 g/mol. The van der Waals surface area contributed by atoms with Crippen LogP contribution in [0.4, 0.5) is 0 Å². The van der Waals surface area contributed by atoms with Crippen molar-refractivity contribution >= 4 is 23.4 Å². The van der Waals surface area contributed by atoms with E-state index in [1.54, 1.807) is 19.1 Å². The number of nitriles is 1. The van der Waals surface area contributed by atoms with E-state index in [9.17, 15) is 20.3 Å². The van der Waals surface area contributed by atoms with Gasteiger partial charge in [0.25, 0.3) is 5.56 Å². The van der Waals surface area contributed by atoms with Crippen LogP contribution < -0.4 is 5.56 Å². The van der Waals surface area contributed by atoms with E-state index < -0.39 is 11.8 Å². The van der Waals surface area contributed by atoms with Gasteiger partial charge in [-0.3, -0.25) is 4.79 Å². The molecule has 0 fully saturated rings. The molecule has 0 amide bonds. The van der Waals surface area contributed by atoms with Gasteiger partial charge in [0.2, 0.25) is 0 Å². The van der Waals surface area contributed by atoms with Gasteiger partial charge in [-0.2, -0.15) is 15.0 Å². The third-order valence-corrected chi connectivity index (χ3v) is 5.21. The van der Waals surface area contributed by atoms with Gasteiger partial charge in [0.1, 0.15) is 16.7 Å². The van der Waals surface area contributed by atoms with E-state index in [1.807, 2.05) is 18.2 Å². The zero-order valence-electron chi connectivity index (χ0n) is 14.1. The number of rotatable bonds is 4. The van der Waals surface area contributed by atoms with E-state index in [1.165, 1.54) is 36.0 Å². The second kappa shape index (κ2) is 7.94. The summed E-state index contributed by atoms with van der Waals surface area (Å²) in [5.41, 5.74) is 0.677. The van der Waals surface area contributed by atoms with Gasteiger partial charge in [-0.1, -0.05) is 35.5 Å². The summed E-state index contributed by atoms with van der Waals surface area (Å²) in [6, 6.07) is 15.1. The maximum atomic E-state index is 12.6. The molecule has 3 rings (SSSR count). The lowest BCUT2D eigenvalue weighted by molar-refractivity contribution is -0.0424. The highest BCUT2D eigenvalue weighted by Gasteiger charge is 2.16. The normalized spacial score (nSPS) is 10.8. The highest BCUT2D eigenvalue weighted by molar-refractivity contribution is 7.99. The Balaban J connectivity index is 2.10. The number of hydrogen-bond donors (Lipinski definition) is 2. The van der Waals surface area contributed by atoms with Gasteiger partial charge in [0, 0.05) is 21.0 Å². The SMILES string of the molecule is Cc1c(Sc2ccc(Cl)cc2)nn(-c2ccc(C(O)O)cc2)c(=O)c1C#N. The van der Waals surface area contributed by atoms with Gasteiger partial charge in [-0.25, -0.2) is 0 Å². The van der Waals surface area contributed by atoms with Crippen LogP contribution in [0.25, 0.3) is 5.69 Å². The van der Waals surface area contributed by atoms with Crippen molar-refractivity contribution in [3.8, 4) is 11.8 Å². The fourth-order valence-electron chi connectivity index (χ4n) is 2.39. The topological polar surface area (TPSA) is 99.1 Å². The first-order valence-corrected chi connectivity index (χ1v) is 9.04. The van der Waals surface area contributed by atoms with Crippen LogP contribution in [-0.2, 0) is 0 Å². The van der Waals surface area contributed by atoms with Crippen molar-refractivity contribution in [1.29, 1.82) is 5.26 Å². The molecule has 1 heterocycles. The van der Waals surface area contributed by atoms with E-state index in [-0.39, 0.29) is 11.1 Å². The van der Waals surface area contributed by atoms with Crippen LogP contribution in [0, 0.1) is 18.3 Å². The molecule has 0 bridgehead atoms. The Kier molecular flexibility index (Phi) is 5.63. The van der Waals surface area contributed by atoms with Crippen molar-refractivity contribution in [3.05, 3.63) is 80.6 Å². The van der Waals surface area contributed by atoms with Crippen molar-refractivity contribution in [2.45, 2.75) is 23.1 Å². The van der Waals surface area contributed by atoms with Gasteiger partial charge in [-0.15, -0.1) is 0 Å². The van der Waals surface area contributed by atoms with E-state index >= 15 is 0 Å². The molecule has 2 N–H and O–H groups in total. The Hall–Kier alpha value is -2.63. The monoisotopic (exact) mass is 399 g/mol. The van der Waals surface area contributed by atoms with Crippen molar-refractivity contribution in [2.24, 2.45) is 0 Å². The second-order valence-corrected chi connectivity index (χ2v) is 7.15. The van der Waals surface area contributed by atoms with Gasteiger partial charge >= 0.3 is 0 Å². The molecule has 8 heteroatoms. The summed E-state index contributed by atoms with van der Waals surface area (Å²) in [6.45, 7) is 1.68. The summed E-state index contributed by atoms with van der Waals surface area (Å²) >= 11 is 7.22. The van der Waals surface area contributed by atoms with Gasteiger partial charge in [0.05, 0.1) is 5.69 Å². The first-order chi connectivity index (χ1) is 12.9. The number of aliphatic hydroxyl groups excluding tert-OH is 1. The highest BCUT2D eigenvalue weighted by Crippen LogP contribution is 2.30. The molecule has 2 aromatic carbocycles. The molecule has 0 radical (unpaired) electrons. The first kappa shape index (κ1) is 19.1. The molecule has 0 atom stereocenters. The summed E-state index contributed by atoms with van der Waals surface area (Å²) in [5.74, 6) is 0. The van der Waals surface area contributed by atoms with E-state index in [0.29, 0.717) is 21.3 Å². The molecule has 1 aromatic heterocycles. The molecule has 0 unspecified atom stereocenters. The molecule has 0 aliphatic heterocycles. The Morgan fingerprint density at radius 1 is 1.15 bits per heavy atom. The molecular formula is C19H14ClN3O3S. The van der Waals surface area contributed by atoms with Crippen molar-refractivity contribution < 1.29 is 10.2 Å². The summed E-state index contributed by atoms with van der Waals surface area (Å²) in [7, 11) is 0. The maximum absolute atomic E-state index is 12.6. The number of aliphatic hydroxyl groups is 2. The number of nitrogens with zero attached hydrogens (tertiary/aromatic N) is 3. The standard InChI is InChI=1S/C19H14ClN3O3S/c1-11-16(10-21)18(24)23(14-6-2-12(3-7-14)19(25)26)22-17(11)27-15-8-4-13(20)5-9-15/h2-9,19,25-26H,1H3. The smallest absolute Gasteiger partial charge is 0.289 e. The minimum Gasteiger partial charge on any atom is -0.364 e. The Morgan fingerprint density at radius 2 is 1.78 bits per heavy atom. The van der Waals surface area contributed by atoms with Gasteiger partial charge in [0.15, 0.2) is 6.29 Å². The molecule has 0 aliphatic rings. The first-order valence-electron chi connectivity index (χ1n) is 7.84. The zero-order chi connectivity index (χ0) is 19.6. The van der Waals surface area contributed by atoms with Crippen LogP contribution in [0.5, 0.6) is 0 Å². The summed E-state index contributed by atoms with van der Waals surface area (Å²) < 4.78 is 1.14. The Bertz CT molecular complexity index is 1070. The summed E-state index contributed by atoms with van der Waals surface area (Å²) in [4.78, 5) is 13.5. The Morgan fingerprint density at radius 3 is 2.33 bits per heavy atom. The molecule has 136 valence electrons. The van der Waals surface area contributed by atoms with Gasteiger partial charge in [-0.05, 0) is 43.3 Å². The maximum Gasteiger partial charge on any atom is 0.289 e. The van der Waals surface area contributed by atoms with E-state index in [2.05, 4.69) is 5.10 Å². The lowest BCUT2D eigenvalue weighted by atomic mass is 10.2. The van der Waals surface area contributed by atoms with Crippen molar-refractivity contribution in [2.75, 3.05) is 0 Å². The average Bonchev–Trinajstić information content (AvgIpc) is 2.66. The fourth-order valence-corrected chi connectivity index (χ4v) is 3.39. The van der Waals surface area contributed by atoms with Crippen molar-refractivity contribution in [3.63, 3.8) is 0 Å². The number of benzene rings is 2. The zero-order valence-corrected chi connectivity index (χ0v) is 15.7. The molecule has 0 spiro atoms. The van der Waals surface area contributed by atoms with E-state index in [4.69, 9.17) is 11.6 Å². The fraction of sp³-hybridized carbons (Fsp3) is 0.105. The minimum absolute atomic E-state index is 0.00716. The lowest BCUT2D eigenvalue weighted by Gasteiger charge is -2.12. The largest absolute Gasteiger partial charge is 0.364 e. The molecular weight excluding hydrogens is 386 g/mol. The number of aromatic nitrogens is 2. The van der Waals surface area contributed by atoms with Crippen LogP contribution in [0.1, 0.15) is 23.0 Å². The second-order valence-electron chi connectivity index (χ2n) is 5.66. The molecule has 27 heavy (non-hydrogen) atoms. The third-order valence-electron chi connectivity index (χ3n) is 3.87. The molecule has 3 aromatic rings. The number of hydrogen-bond acceptors (Lipinski definition) is 6. The minimum atomic E-state index is -1.60. The molecule has 6 nitrogen and oxygen atoms in total. The predicted octanol–water partition coefficient (Wildman–Crippen LogP) is 3.20. The third kappa shape index (κ3) is 4.04. The van der Waals surface area contributed by atoms with Gasteiger partial charge < -0.3 is 10.2 Å². The highest BCUT2D eigenvalue weighted by atomic mass is 35.5. The molecule has 0 aliphatic carbocycles. The van der Waals surface area contributed by atoms with Crippen LogP contribution in [0.15, 0.2) is 63.2 Å². The van der Waals surface area contributed by atoms with Crippen molar-refractivity contribution in [1.82, 2.24) is 9.78 Å². The van der Waals surface area contributed by atoms with E-state index in [0.717, 1.165) is 9.58 Å². The van der Waals surface area contributed by atoms with Crippen LogP contribution >= 0.6 is 23.4 Å². The molecule has 0 saturated heterocycles. The quantitative estimate of drug-likeness (QED) is 0.653. The van der Waals surface area contributed by atoms with Crippen LogP contribution in [0.2, 0.25) is 5.02 Å². The summed E-state index contributed by atoms with van der Waals surface area (Å²) in [5, 5.41) is 33.4. The lowest BCUT2D eigenvalue weighted by Crippen LogP contribution is -2.25. The molecule has 0 saturated carbocycles. The van der Waals surface area contributed by atoms with Crippen LogP contribution in [0.3, 0.4) is 0 Å². The predicted molar refractivity (Wildman–Crippen MR) is 102 cm³/mol. The number of halogens is 1. The van der Waals surface area contributed by atoms with Crippen LogP contribution in [-0.4, -0.2) is 20.0 Å². The summed E-state index contributed by atoms with van der Waals surface area (Å²) in [6.07, 6.45) is -1.60. The Labute approximate surface area is 164 Å².